The molecule has 164 valence electrons. The van der Waals surface area contributed by atoms with Crippen LogP contribution in [0.2, 0.25) is 0 Å². The summed E-state index contributed by atoms with van der Waals surface area (Å²) in [5.41, 5.74) is 3.21. The number of fused-ring (bicyclic) bond motifs is 2. The molecule has 0 amide bonds. The van der Waals surface area contributed by atoms with Crippen molar-refractivity contribution in [2.45, 2.75) is 38.8 Å². The first-order valence-corrected chi connectivity index (χ1v) is 12.2. The Morgan fingerprint density at radius 3 is 2.81 bits per heavy atom. The van der Waals surface area contributed by atoms with Crippen molar-refractivity contribution < 1.29 is 4.52 Å². The van der Waals surface area contributed by atoms with Gasteiger partial charge in [0.2, 0.25) is 0 Å². The molecule has 0 spiro atoms. The molecule has 0 saturated carbocycles. The van der Waals surface area contributed by atoms with Gasteiger partial charge in [-0.25, -0.2) is 0 Å². The standard InChI is InChI=1S/C26H28N4OS/c1-28-16-24-22-5-3-2-4-19(22)14-23-25(29-31-26(23)24)9-6-18-10-12-30(13-11-18)17-21-8-7-20(15-27)32-21/h2-5,7-8,14,18,28H,6,9-13,16-17H2,1H3. The summed E-state index contributed by atoms with van der Waals surface area (Å²) in [6, 6.07) is 17.0. The first-order valence-electron chi connectivity index (χ1n) is 11.4. The molecule has 1 N–H and O–H groups in total. The van der Waals surface area contributed by atoms with Crippen LogP contribution in [0, 0.1) is 17.2 Å². The summed E-state index contributed by atoms with van der Waals surface area (Å²) in [5, 5.41) is 20.4. The highest BCUT2D eigenvalue weighted by Crippen LogP contribution is 2.32. The zero-order chi connectivity index (χ0) is 21.9. The summed E-state index contributed by atoms with van der Waals surface area (Å²) in [6.45, 7) is 3.99. The van der Waals surface area contributed by atoms with Crippen molar-refractivity contribution in [1.29, 1.82) is 5.26 Å². The fraction of sp³-hybridized carbons (Fsp3) is 0.385. The number of likely N-dealkylation sites (tertiary alicyclic amines) is 1. The number of piperidine rings is 1. The molecule has 0 bridgehead atoms. The lowest BCUT2D eigenvalue weighted by atomic mass is 9.90. The quantitative estimate of drug-likeness (QED) is 0.409. The van der Waals surface area contributed by atoms with Crippen LogP contribution in [-0.4, -0.2) is 30.2 Å². The van der Waals surface area contributed by atoms with E-state index in [0.29, 0.717) is 0 Å². The predicted molar refractivity (Wildman–Crippen MR) is 130 cm³/mol. The smallest absolute Gasteiger partial charge is 0.172 e. The van der Waals surface area contributed by atoms with Crippen LogP contribution in [-0.2, 0) is 19.5 Å². The average Bonchev–Trinajstić information content (AvgIpc) is 3.45. The molecule has 0 atom stereocenters. The Balaban J connectivity index is 1.24. The topological polar surface area (TPSA) is 65.1 Å². The summed E-state index contributed by atoms with van der Waals surface area (Å²) in [4.78, 5) is 4.62. The summed E-state index contributed by atoms with van der Waals surface area (Å²) >= 11 is 1.62. The number of thiophene rings is 1. The Bertz CT molecular complexity index is 1260. The van der Waals surface area contributed by atoms with Gasteiger partial charge in [0.1, 0.15) is 10.9 Å². The summed E-state index contributed by atoms with van der Waals surface area (Å²) < 4.78 is 5.86. The van der Waals surface area contributed by atoms with Crippen LogP contribution in [0.3, 0.4) is 0 Å². The Morgan fingerprint density at radius 2 is 2.03 bits per heavy atom. The van der Waals surface area contributed by atoms with Crippen molar-refractivity contribution in [3.05, 3.63) is 63.5 Å². The van der Waals surface area contributed by atoms with Crippen LogP contribution in [0.5, 0.6) is 0 Å². The molecule has 5 nitrogen and oxygen atoms in total. The molecule has 2 aromatic carbocycles. The molecule has 1 aliphatic heterocycles. The Labute approximate surface area is 192 Å². The maximum Gasteiger partial charge on any atom is 0.172 e. The minimum absolute atomic E-state index is 0.730. The van der Waals surface area contributed by atoms with Gasteiger partial charge >= 0.3 is 0 Å². The number of hydrogen-bond donors (Lipinski definition) is 1. The molecule has 3 heterocycles. The SMILES string of the molecule is CNCc1c2ccccc2cc2c(CCC3CCN(Cc4ccc(C#N)s4)CC3)noc12. The van der Waals surface area contributed by atoms with E-state index in [0.717, 1.165) is 66.5 Å². The number of aromatic nitrogens is 1. The molecule has 0 aliphatic carbocycles. The number of hydrogen-bond acceptors (Lipinski definition) is 6. The van der Waals surface area contributed by atoms with Crippen LogP contribution in [0.4, 0.5) is 0 Å². The second kappa shape index (κ2) is 9.41. The molecular weight excluding hydrogens is 416 g/mol. The lowest BCUT2D eigenvalue weighted by molar-refractivity contribution is 0.173. The Morgan fingerprint density at radius 1 is 1.19 bits per heavy atom. The van der Waals surface area contributed by atoms with Crippen LogP contribution in [0.25, 0.3) is 21.7 Å². The van der Waals surface area contributed by atoms with Gasteiger partial charge in [-0.15, -0.1) is 11.3 Å². The zero-order valence-electron chi connectivity index (χ0n) is 18.4. The number of nitrogens with one attached hydrogen (secondary N) is 1. The highest BCUT2D eigenvalue weighted by atomic mass is 32.1. The van der Waals surface area contributed by atoms with Crippen LogP contribution < -0.4 is 5.32 Å². The van der Waals surface area contributed by atoms with Crippen molar-refractivity contribution in [2.75, 3.05) is 20.1 Å². The third-order valence-corrected chi connectivity index (χ3v) is 7.64. The Kier molecular flexibility index (Phi) is 6.22. The van der Waals surface area contributed by atoms with Crippen LogP contribution >= 0.6 is 11.3 Å². The number of rotatable bonds is 7. The van der Waals surface area contributed by atoms with E-state index in [1.54, 1.807) is 11.3 Å². The van der Waals surface area contributed by atoms with E-state index < -0.39 is 0 Å². The van der Waals surface area contributed by atoms with E-state index in [2.05, 4.69) is 57.8 Å². The van der Waals surface area contributed by atoms with Crippen molar-refractivity contribution in [1.82, 2.24) is 15.4 Å². The zero-order valence-corrected chi connectivity index (χ0v) is 19.3. The van der Waals surface area contributed by atoms with Gasteiger partial charge in [0.05, 0.1) is 5.69 Å². The molecule has 6 heteroatoms. The van der Waals surface area contributed by atoms with Gasteiger partial charge in [0.15, 0.2) is 5.58 Å². The van der Waals surface area contributed by atoms with Gasteiger partial charge in [-0.2, -0.15) is 5.26 Å². The van der Waals surface area contributed by atoms with E-state index in [1.807, 2.05) is 13.1 Å². The molecule has 5 rings (SSSR count). The monoisotopic (exact) mass is 444 g/mol. The van der Waals surface area contributed by atoms with Gasteiger partial charge in [-0.1, -0.05) is 29.4 Å². The van der Waals surface area contributed by atoms with Gasteiger partial charge in [0, 0.05) is 28.9 Å². The van der Waals surface area contributed by atoms with Gasteiger partial charge in [-0.05, 0) is 80.7 Å². The molecule has 1 saturated heterocycles. The number of nitriles is 1. The average molecular weight is 445 g/mol. The van der Waals surface area contributed by atoms with Crippen molar-refractivity contribution >= 4 is 33.1 Å². The number of aryl methyl sites for hydroxylation is 1. The van der Waals surface area contributed by atoms with Gasteiger partial charge in [-0.3, -0.25) is 4.90 Å². The fourth-order valence-electron chi connectivity index (χ4n) is 4.92. The van der Waals surface area contributed by atoms with Gasteiger partial charge < -0.3 is 9.84 Å². The second-order valence-corrected chi connectivity index (χ2v) is 9.92. The minimum Gasteiger partial charge on any atom is -0.356 e. The highest BCUT2D eigenvalue weighted by molar-refractivity contribution is 7.12. The molecule has 4 aromatic rings. The molecule has 1 aliphatic rings. The summed E-state index contributed by atoms with van der Waals surface area (Å²) in [6.07, 6.45) is 4.56. The summed E-state index contributed by atoms with van der Waals surface area (Å²) in [5.74, 6) is 0.730. The second-order valence-electron chi connectivity index (χ2n) is 8.75. The lowest BCUT2D eigenvalue weighted by Gasteiger charge is -2.31. The molecule has 2 aromatic heterocycles. The highest BCUT2D eigenvalue weighted by Gasteiger charge is 2.21. The van der Waals surface area contributed by atoms with Crippen molar-refractivity contribution in [2.24, 2.45) is 5.92 Å². The normalized spacial score (nSPS) is 15.5. The number of nitrogens with zero attached hydrogens (tertiary/aromatic N) is 3. The largest absolute Gasteiger partial charge is 0.356 e. The molecule has 1 fully saturated rings. The molecular formula is C26H28N4OS. The molecule has 0 unspecified atom stereocenters. The maximum atomic E-state index is 9.02. The fourth-order valence-corrected chi connectivity index (χ4v) is 5.77. The van der Waals surface area contributed by atoms with Crippen LogP contribution in [0.1, 0.15) is 40.3 Å². The molecule has 32 heavy (non-hydrogen) atoms. The van der Waals surface area contributed by atoms with E-state index in [1.165, 1.54) is 34.1 Å². The minimum atomic E-state index is 0.730. The van der Waals surface area contributed by atoms with E-state index in [9.17, 15) is 0 Å². The van der Waals surface area contributed by atoms with Crippen molar-refractivity contribution in [3.63, 3.8) is 0 Å². The summed E-state index contributed by atoms with van der Waals surface area (Å²) in [7, 11) is 1.97. The van der Waals surface area contributed by atoms with E-state index in [4.69, 9.17) is 9.78 Å². The predicted octanol–water partition coefficient (Wildman–Crippen LogP) is 5.48. The molecule has 0 radical (unpaired) electrons. The van der Waals surface area contributed by atoms with Gasteiger partial charge in [0.25, 0.3) is 0 Å². The van der Waals surface area contributed by atoms with E-state index in [-0.39, 0.29) is 0 Å². The van der Waals surface area contributed by atoms with Crippen molar-refractivity contribution in [3.8, 4) is 6.07 Å². The first kappa shape index (κ1) is 21.1. The van der Waals surface area contributed by atoms with E-state index >= 15 is 0 Å². The third-order valence-electron chi connectivity index (χ3n) is 6.66. The first-order chi connectivity index (χ1) is 15.7. The Hall–Kier alpha value is -2.72. The maximum absolute atomic E-state index is 9.02. The lowest BCUT2D eigenvalue weighted by Crippen LogP contribution is -2.33. The number of benzene rings is 2. The third kappa shape index (κ3) is 4.29. The van der Waals surface area contributed by atoms with Crippen LogP contribution in [0.15, 0.2) is 47.0 Å².